The van der Waals surface area contributed by atoms with E-state index >= 15 is 0 Å². The van der Waals surface area contributed by atoms with E-state index < -0.39 is 8.96 Å². The van der Waals surface area contributed by atoms with Crippen LogP contribution in [0.2, 0.25) is 5.04 Å². The van der Waals surface area contributed by atoms with Crippen molar-refractivity contribution in [3.8, 4) is 0 Å². The molecule has 0 saturated heterocycles. The molecule has 1 atom stereocenters. The predicted octanol–water partition coefficient (Wildman–Crippen LogP) is 1.70. The molecule has 0 aromatic heterocycles. The summed E-state index contributed by atoms with van der Waals surface area (Å²) in [7, 11) is -1.50. The van der Waals surface area contributed by atoms with Crippen LogP contribution < -0.4 is 10.6 Å². The first-order chi connectivity index (χ1) is 5.52. The van der Waals surface area contributed by atoms with E-state index in [1.807, 2.05) is 18.2 Å². The van der Waals surface area contributed by atoms with Crippen molar-refractivity contribution >= 4 is 14.1 Å². The normalized spacial score (nSPS) is 14.3. The minimum absolute atomic E-state index is 0.168. The van der Waals surface area contributed by atoms with Gasteiger partial charge in [0.1, 0.15) is 0 Å². The zero-order valence-electron chi connectivity index (χ0n) is 7.96. The van der Waals surface area contributed by atoms with Gasteiger partial charge in [-0.1, -0.05) is 51.1 Å². The molecule has 1 nitrogen and oxygen atoms in total. The van der Waals surface area contributed by atoms with Gasteiger partial charge in [-0.2, -0.15) is 0 Å². The third kappa shape index (κ3) is 2.19. The van der Waals surface area contributed by atoms with Gasteiger partial charge in [0.05, 0.1) is 0 Å². The van der Waals surface area contributed by atoms with Gasteiger partial charge >= 0.3 is 0 Å². The molecule has 1 radical (unpaired) electrons. The summed E-state index contributed by atoms with van der Waals surface area (Å²) in [5.74, 6) is 0. The van der Waals surface area contributed by atoms with Crippen molar-refractivity contribution in [1.82, 2.24) is 5.40 Å². The lowest BCUT2D eigenvalue weighted by atomic mass is 10.2. The molecule has 1 unspecified atom stereocenters. The maximum absolute atomic E-state index is 8.10. The fraction of sp³-hybridized carbons (Fsp3) is 0.400. The van der Waals surface area contributed by atoms with Gasteiger partial charge in [0.2, 0.25) is 0 Å². The predicted molar refractivity (Wildman–Crippen MR) is 56.0 cm³/mol. The summed E-state index contributed by atoms with van der Waals surface area (Å²) in [6, 6.07) is 10.2. The van der Waals surface area contributed by atoms with E-state index in [1.54, 1.807) is 0 Å². The Bertz CT molecular complexity index is 238. The zero-order valence-corrected chi connectivity index (χ0v) is 9.12. The Morgan fingerprint density at radius 2 is 1.58 bits per heavy atom. The Morgan fingerprint density at radius 1 is 1.08 bits per heavy atom. The second kappa shape index (κ2) is 3.41. The number of hydrogen-bond donors (Lipinski definition) is 0. The van der Waals surface area contributed by atoms with Gasteiger partial charge in [-0.3, -0.25) is 5.40 Å². The summed E-state index contributed by atoms with van der Waals surface area (Å²) >= 11 is 0. The number of rotatable bonds is 1. The van der Waals surface area contributed by atoms with Crippen LogP contribution in [-0.2, 0) is 0 Å². The lowest BCUT2D eigenvalue weighted by molar-refractivity contribution is 0.740. The second-order valence-electron chi connectivity index (χ2n) is 4.21. The summed E-state index contributed by atoms with van der Waals surface area (Å²) in [5.41, 5.74) is 0. The first kappa shape index (κ1) is 9.48. The van der Waals surface area contributed by atoms with Crippen LogP contribution in [-0.4, -0.2) is 8.96 Å². The molecule has 1 aromatic rings. The average molecular weight is 178 g/mol. The van der Waals surface area contributed by atoms with Crippen LogP contribution in [0.15, 0.2) is 30.3 Å². The molecule has 2 heteroatoms. The van der Waals surface area contributed by atoms with E-state index in [9.17, 15) is 0 Å². The SMILES string of the molecule is CC(C)(C)[SiH]([NH])c1ccccc1. The number of nitrogens with one attached hydrogen (secondary N) is 1. The molecule has 0 heterocycles. The molecule has 0 aliphatic heterocycles. The third-order valence-electron chi connectivity index (χ3n) is 2.00. The lowest BCUT2D eigenvalue weighted by Crippen LogP contribution is -2.40. The average Bonchev–Trinajstić information content (AvgIpc) is 2.03. The van der Waals surface area contributed by atoms with Gasteiger partial charge in [0.25, 0.3) is 0 Å². The van der Waals surface area contributed by atoms with Gasteiger partial charge in [-0.15, -0.1) is 0 Å². The van der Waals surface area contributed by atoms with Gasteiger partial charge in [-0.05, 0) is 10.2 Å². The maximum atomic E-state index is 8.10. The molecule has 0 aliphatic carbocycles. The molecule has 0 amide bonds. The van der Waals surface area contributed by atoms with Crippen LogP contribution in [0.5, 0.6) is 0 Å². The minimum atomic E-state index is -1.50. The highest BCUT2D eigenvalue weighted by atomic mass is 28.3. The fourth-order valence-corrected chi connectivity index (χ4v) is 2.75. The van der Waals surface area contributed by atoms with E-state index in [0.717, 1.165) is 0 Å². The Hall–Kier alpha value is -0.603. The molecular formula is C10H16NSi. The quantitative estimate of drug-likeness (QED) is 0.585. The van der Waals surface area contributed by atoms with Crippen molar-refractivity contribution in [1.29, 1.82) is 0 Å². The molecule has 12 heavy (non-hydrogen) atoms. The molecule has 0 aliphatic rings. The van der Waals surface area contributed by atoms with E-state index in [-0.39, 0.29) is 5.04 Å². The highest BCUT2D eigenvalue weighted by molar-refractivity contribution is 6.72. The van der Waals surface area contributed by atoms with Crippen molar-refractivity contribution in [3.63, 3.8) is 0 Å². The van der Waals surface area contributed by atoms with E-state index in [2.05, 4.69) is 32.9 Å². The first-order valence-corrected chi connectivity index (χ1v) is 6.01. The highest BCUT2D eigenvalue weighted by Gasteiger charge is 2.24. The molecule has 65 valence electrons. The Balaban J connectivity index is 2.86. The Morgan fingerprint density at radius 3 is 2.00 bits per heavy atom. The molecule has 0 spiro atoms. The van der Waals surface area contributed by atoms with E-state index in [0.29, 0.717) is 0 Å². The number of benzene rings is 1. The van der Waals surface area contributed by atoms with Crippen LogP contribution in [0.1, 0.15) is 20.8 Å². The fourth-order valence-electron chi connectivity index (χ4n) is 1.15. The first-order valence-electron chi connectivity index (χ1n) is 4.28. The van der Waals surface area contributed by atoms with Crippen molar-refractivity contribution in [2.24, 2.45) is 0 Å². The van der Waals surface area contributed by atoms with Gasteiger partial charge < -0.3 is 0 Å². The maximum Gasteiger partial charge on any atom is 0.161 e. The molecule has 1 aromatic carbocycles. The zero-order chi connectivity index (χ0) is 9.19. The van der Waals surface area contributed by atoms with Crippen LogP contribution in [0, 0.1) is 0 Å². The highest BCUT2D eigenvalue weighted by Crippen LogP contribution is 2.24. The van der Waals surface area contributed by atoms with E-state index in [4.69, 9.17) is 5.40 Å². The van der Waals surface area contributed by atoms with Gasteiger partial charge in [-0.25, -0.2) is 0 Å². The standard InChI is InChI=1S/C10H16NSi/c1-10(2,3)12(11)9-7-5-4-6-8-9/h4-8,11-12H,1-3H3. The van der Waals surface area contributed by atoms with Crippen molar-refractivity contribution in [2.75, 3.05) is 0 Å². The smallest absolute Gasteiger partial charge is 0.161 e. The van der Waals surface area contributed by atoms with Crippen LogP contribution in [0.3, 0.4) is 0 Å². The van der Waals surface area contributed by atoms with Crippen molar-refractivity contribution in [2.45, 2.75) is 25.8 Å². The molecule has 1 rings (SSSR count). The van der Waals surface area contributed by atoms with E-state index in [1.165, 1.54) is 5.19 Å². The summed E-state index contributed by atoms with van der Waals surface area (Å²) in [6.07, 6.45) is 0. The summed E-state index contributed by atoms with van der Waals surface area (Å²) in [5, 5.41) is 9.51. The monoisotopic (exact) mass is 178 g/mol. The van der Waals surface area contributed by atoms with Crippen LogP contribution in [0.4, 0.5) is 0 Å². The topological polar surface area (TPSA) is 23.8 Å². The Labute approximate surface area is 76.3 Å². The molecule has 0 bridgehead atoms. The largest absolute Gasteiger partial charge is 0.283 e. The minimum Gasteiger partial charge on any atom is -0.283 e. The summed E-state index contributed by atoms with van der Waals surface area (Å²) in [6.45, 7) is 6.47. The summed E-state index contributed by atoms with van der Waals surface area (Å²) in [4.78, 5) is 0. The second-order valence-corrected chi connectivity index (χ2v) is 7.47. The molecule has 0 saturated carbocycles. The van der Waals surface area contributed by atoms with Crippen molar-refractivity contribution < 1.29 is 0 Å². The molecule has 1 N–H and O–H groups in total. The Kier molecular flexibility index (Phi) is 2.70. The van der Waals surface area contributed by atoms with Crippen LogP contribution in [0.25, 0.3) is 0 Å². The summed E-state index contributed by atoms with van der Waals surface area (Å²) < 4.78 is 0. The third-order valence-corrected chi connectivity index (χ3v) is 4.78. The van der Waals surface area contributed by atoms with Gasteiger partial charge in [0, 0.05) is 0 Å². The lowest BCUT2D eigenvalue weighted by Gasteiger charge is -2.24. The van der Waals surface area contributed by atoms with Gasteiger partial charge in [0.15, 0.2) is 8.96 Å². The molecular weight excluding hydrogens is 162 g/mol. The van der Waals surface area contributed by atoms with Crippen LogP contribution >= 0.6 is 0 Å². The van der Waals surface area contributed by atoms with Crippen molar-refractivity contribution in [3.05, 3.63) is 30.3 Å². The molecule has 0 fully saturated rings. The number of hydrogen-bond acceptors (Lipinski definition) is 0.